The van der Waals surface area contributed by atoms with E-state index >= 15 is 0 Å². The zero-order valence-electron chi connectivity index (χ0n) is 26.5. The van der Waals surface area contributed by atoms with Crippen molar-refractivity contribution in [3.8, 4) is 5.75 Å². The molecule has 1 aliphatic heterocycles. The molecule has 1 atom stereocenters. The summed E-state index contributed by atoms with van der Waals surface area (Å²) in [6, 6.07) is 25.7. The molecule has 48 heavy (non-hydrogen) atoms. The quantitative estimate of drug-likeness (QED) is 0.155. The number of amides is 1. The highest BCUT2D eigenvalue weighted by molar-refractivity contribution is 7.92. The SMILES string of the molecule is CN(c1c2c(c(OC(c3ccccc3)C3CCCCC3)c3ncccc13)C(=O)N(Cc1ccc(F)cc1)C2)S(=O)(=O)c1ccc(Cl)cc1. The second kappa shape index (κ2) is 13.2. The summed E-state index contributed by atoms with van der Waals surface area (Å²) in [5.41, 5.74) is 3.37. The van der Waals surface area contributed by atoms with Gasteiger partial charge in [-0.25, -0.2) is 12.8 Å². The van der Waals surface area contributed by atoms with Gasteiger partial charge >= 0.3 is 0 Å². The Kier molecular flexibility index (Phi) is 8.83. The Hall–Kier alpha value is -4.47. The van der Waals surface area contributed by atoms with Gasteiger partial charge in [-0.2, -0.15) is 0 Å². The minimum Gasteiger partial charge on any atom is -0.482 e. The van der Waals surface area contributed by atoms with Crippen molar-refractivity contribution < 1.29 is 22.3 Å². The van der Waals surface area contributed by atoms with Crippen LogP contribution in [0.5, 0.6) is 5.75 Å². The maximum absolute atomic E-state index is 14.5. The molecule has 1 saturated carbocycles. The second-order valence-electron chi connectivity index (χ2n) is 12.5. The number of ether oxygens (including phenoxy) is 1. The summed E-state index contributed by atoms with van der Waals surface area (Å²) in [6.07, 6.45) is 6.68. The number of sulfonamides is 1. The molecule has 4 aromatic carbocycles. The van der Waals surface area contributed by atoms with Crippen LogP contribution < -0.4 is 9.04 Å². The van der Waals surface area contributed by atoms with E-state index in [1.165, 1.54) is 54.2 Å². The van der Waals surface area contributed by atoms with Crippen LogP contribution in [-0.2, 0) is 23.1 Å². The summed E-state index contributed by atoms with van der Waals surface area (Å²) < 4.78 is 50.3. The zero-order chi connectivity index (χ0) is 33.4. The number of hydrogen-bond donors (Lipinski definition) is 0. The molecule has 5 aromatic rings. The van der Waals surface area contributed by atoms with Crippen molar-refractivity contribution in [1.82, 2.24) is 9.88 Å². The summed E-state index contributed by atoms with van der Waals surface area (Å²) in [5, 5.41) is 0.972. The van der Waals surface area contributed by atoms with Crippen LogP contribution in [0.1, 0.15) is 65.3 Å². The molecule has 0 N–H and O–H groups in total. The molecule has 1 aliphatic carbocycles. The summed E-state index contributed by atoms with van der Waals surface area (Å²) in [6.45, 7) is 0.330. The maximum atomic E-state index is 14.5. The van der Waals surface area contributed by atoms with E-state index in [0.717, 1.165) is 36.8 Å². The molecule has 2 heterocycles. The third-order valence-corrected chi connectivity index (χ3v) is 11.5. The van der Waals surface area contributed by atoms with Gasteiger partial charge in [0.25, 0.3) is 15.9 Å². The average molecular weight is 684 g/mol. The van der Waals surface area contributed by atoms with Crippen LogP contribution in [-0.4, -0.2) is 31.3 Å². The lowest BCUT2D eigenvalue weighted by Gasteiger charge is -2.32. The molecule has 0 spiro atoms. The maximum Gasteiger partial charge on any atom is 0.264 e. The normalized spacial score (nSPS) is 15.8. The van der Waals surface area contributed by atoms with Crippen LogP contribution in [0, 0.1) is 11.7 Å². The first-order chi connectivity index (χ1) is 23.2. The molecule has 0 radical (unpaired) electrons. The molecule has 2 aliphatic rings. The Morgan fingerprint density at radius 3 is 2.38 bits per heavy atom. The number of benzene rings is 4. The number of aromatic nitrogens is 1. The molecule has 10 heteroatoms. The van der Waals surface area contributed by atoms with Crippen LogP contribution in [0.25, 0.3) is 10.9 Å². The predicted molar refractivity (Wildman–Crippen MR) is 185 cm³/mol. The Labute approximate surface area is 285 Å². The third-order valence-electron chi connectivity index (χ3n) is 9.47. The van der Waals surface area contributed by atoms with Crippen molar-refractivity contribution in [3.63, 3.8) is 0 Å². The molecule has 1 unspecified atom stereocenters. The standard InChI is InChI=1S/C38H35ClFN3O4S/c1-42(48(45,46)30-20-16-28(39)17-21-30)35-31-13-8-22-41-34(31)37(47-36(26-9-4-2-5-10-26)27-11-6-3-7-12-27)33-32(35)24-43(38(33)44)23-25-14-18-29(40)19-15-25/h2,4-5,8-10,13-22,27,36H,3,6-7,11-12,23-24H2,1H3. The minimum absolute atomic E-state index is 0.0643. The van der Waals surface area contributed by atoms with Gasteiger partial charge in [0, 0.05) is 48.2 Å². The van der Waals surface area contributed by atoms with Crippen LogP contribution in [0.4, 0.5) is 10.1 Å². The van der Waals surface area contributed by atoms with Crippen LogP contribution in [0.2, 0.25) is 5.02 Å². The Morgan fingerprint density at radius 2 is 1.67 bits per heavy atom. The number of hydrogen-bond acceptors (Lipinski definition) is 5. The molecule has 1 amide bonds. The van der Waals surface area contributed by atoms with Crippen molar-refractivity contribution >= 4 is 44.1 Å². The summed E-state index contributed by atoms with van der Waals surface area (Å²) in [5.74, 6) is -0.0812. The number of rotatable bonds is 9. The van der Waals surface area contributed by atoms with Crippen molar-refractivity contribution in [3.05, 3.63) is 130 Å². The summed E-state index contributed by atoms with van der Waals surface area (Å²) in [7, 11) is -2.59. The highest BCUT2D eigenvalue weighted by atomic mass is 35.5. The fourth-order valence-corrected chi connectivity index (χ4v) is 8.43. The molecule has 7 rings (SSSR count). The predicted octanol–water partition coefficient (Wildman–Crippen LogP) is 8.71. The number of halogens is 2. The van der Waals surface area contributed by atoms with E-state index in [1.54, 1.807) is 29.3 Å². The summed E-state index contributed by atoms with van der Waals surface area (Å²) in [4.78, 5) is 21.0. The minimum atomic E-state index is -4.08. The van der Waals surface area contributed by atoms with E-state index in [4.69, 9.17) is 21.3 Å². The van der Waals surface area contributed by atoms with E-state index in [0.29, 0.717) is 38.5 Å². The number of carbonyl (C=O) groups excluding carboxylic acids is 1. The molecule has 1 aromatic heterocycles. The molecule has 0 saturated heterocycles. The van der Waals surface area contributed by atoms with E-state index in [9.17, 15) is 17.6 Å². The number of nitrogens with zero attached hydrogens (tertiary/aromatic N) is 3. The lowest BCUT2D eigenvalue weighted by molar-refractivity contribution is 0.0750. The van der Waals surface area contributed by atoms with Crippen LogP contribution in [0.15, 0.2) is 102 Å². The Morgan fingerprint density at radius 1 is 0.958 bits per heavy atom. The lowest BCUT2D eigenvalue weighted by atomic mass is 9.82. The molecule has 1 fully saturated rings. The number of fused-ring (bicyclic) bond motifs is 2. The first kappa shape index (κ1) is 32.1. The van der Waals surface area contributed by atoms with E-state index in [1.807, 2.05) is 24.3 Å². The second-order valence-corrected chi connectivity index (χ2v) is 14.9. The topological polar surface area (TPSA) is 79.8 Å². The third kappa shape index (κ3) is 6.01. The largest absolute Gasteiger partial charge is 0.482 e. The fraction of sp³-hybridized carbons (Fsp3) is 0.263. The molecular formula is C38H35ClFN3O4S. The molecule has 7 nitrogen and oxygen atoms in total. The van der Waals surface area contributed by atoms with Crippen molar-refractivity contribution in [1.29, 1.82) is 0 Å². The van der Waals surface area contributed by atoms with E-state index in [-0.39, 0.29) is 41.7 Å². The van der Waals surface area contributed by atoms with Gasteiger partial charge in [0.05, 0.1) is 16.1 Å². The monoisotopic (exact) mass is 683 g/mol. The Balaban J connectivity index is 1.42. The number of pyridine rings is 1. The van der Waals surface area contributed by atoms with E-state index < -0.39 is 10.0 Å². The first-order valence-electron chi connectivity index (χ1n) is 16.2. The zero-order valence-corrected chi connectivity index (χ0v) is 28.1. The summed E-state index contributed by atoms with van der Waals surface area (Å²) >= 11 is 6.09. The van der Waals surface area contributed by atoms with Gasteiger partial charge in [0.2, 0.25) is 0 Å². The highest BCUT2D eigenvalue weighted by Gasteiger charge is 2.40. The van der Waals surface area contributed by atoms with Crippen LogP contribution >= 0.6 is 11.6 Å². The first-order valence-corrected chi connectivity index (χ1v) is 18.0. The van der Waals surface area contributed by atoms with Gasteiger partial charge in [0.15, 0.2) is 5.75 Å². The van der Waals surface area contributed by atoms with Gasteiger partial charge in [0.1, 0.15) is 17.4 Å². The van der Waals surface area contributed by atoms with Crippen LogP contribution in [0.3, 0.4) is 0 Å². The van der Waals surface area contributed by atoms with Crippen molar-refractivity contribution in [2.75, 3.05) is 11.4 Å². The molecule has 246 valence electrons. The smallest absolute Gasteiger partial charge is 0.264 e. The van der Waals surface area contributed by atoms with Crippen molar-refractivity contribution in [2.24, 2.45) is 5.92 Å². The van der Waals surface area contributed by atoms with Gasteiger partial charge in [-0.05, 0) is 72.5 Å². The number of anilines is 1. The van der Waals surface area contributed by atoms with Gasteiger partial charge in [-0.1, -0.05) is 73.3 Å². The van der Waals surface area contributed by atoms with Gasteiger partial charge in [-0.15, -0.1) is 0 Å². The van der Waals surface area contributed by atoms with Crippen molar-refractivity contribution in [2.45, 2.75) is 56.2 Å². The van der Waals surface area contributed by atoms with Gasteiger partial charge < -0.3 is 9.64 Å². The Bertz CT molecular complexity index is 2070. The highest BCUT2D eigenvalue weighted by Crippen LogP contribution is 2.48. The molecular weight excluding hydrogens is 649 g/mol. The fourth-order valence-electron chi connectivity index (χ4n) is 7.05. The van der Waals surface area contributed by atoms with E-state index in [2.05, 4.69) is 12.1 Å². The number of carbonyl (C=O) groups is 1. The molecule has 0 bridgehead atoms. The average Bonchev–Trinajstić information content (AvgIpc) is 3.43. The van der Waals surface area contributed by atoms with Gasteiger partial charge in [-0.3, -0.25) is 14.1 Å². The lowest BCUT2D eigenvalue weighted by Crippen LogP contribution is -2.28.